The van der Waals surface area contributed by atoms with Crippen LogP contribution >= 0.6 is 0 Å². The SMILES string of the molecule is CCCN(C(C)C#N)C1CCNC1. The van der Waals surface area contributed by atoms with Crippen molar-refractivity contribution in [2.75, 3.05) is 19.6 Å². The Balaban J connectivity index is 2.50. The first kappa shape index (κ1) is 10.5. The van der Waals surface area contributed by atoms with Crippen LogP contribution in [0.3, 0.4) is 0 Å². The molecule has 0 aromatic carbocycles. The first-order chi connectivity index (χ1) is 6.29. The van der Waals surface area contributed by atoms with E-state index in [9.17, 15) is 0 Å². The number of nitrogens with zero attached hydrogens (tertiary/aromatic N) is 2. The minimum absolute atomic E-state index is 0.0600. The maximum absolute atomic E-state index is 8.88. The predicted molar refractivity (Wildman–Crippen MR) is 53.3 cm³/mol. The van der Waals surface area contributed by atoms with Crippen LogP contribution in [-0.2, 0) is 0 Å². The van der Waals surface area contributed by atoms with Gasteiger partial charge in [-0.25, -0.2) is 0 Å². The lowest BCUT2D eigenvalue weighted by Gasteiger charge is -2.29. The van der Waals surface area contributed by atoms with E-state index in [-0.39, 0.29) is 6.04 Å². The Morgan fingerprint density at radius 2 is 2.46 bits per heavy atom. The van der Waals surface area contributed by atoms with E-state index in [1.54, 1.807) is 0 Å². The lowest BCUT2D eigenvalue weighted by Crippen LogP contribution is -2.42. The zero-order chi connectivity index (χ0) is 9.68. The molecule has 0 amide bonds. The lowest BCUT2D eigenvalue weighted by atomic mass is 10.1. The Morgan fingerprint density at radius 1 is 1.69 bits per heavy atom. The molecule has 3 nitrogen and oxygen atoms in total. The summed E-state index contributed by atoms with van der Waals surface area (Å²) < 4.78 is 0. The zero-order valence-corrected chi connectivity index (χ0v) is 8.58. The highest BCUT2D eigenvalue weighted by Gasteiger charge is 2.25. The Labute approximate surface area is 80.7 Å². The highest BCUT2D eigenvalue weighted by Crippen LogP contribution is 2.12. The smallest absolute Gasteiger partial charge is 0.0952 e. The first-order valence-corrected chi connectivity index (χ1v) is 5.15. The van der Waals surface area contributed by atoms with Crippen LogP contribution in [0.4, 0.5) is 0 Å². The van der Waals surface area contributed by atoms with E-state index in [4.69, 9.17) is 5.26 Å². The molecule has 0 saturated carbocycles. The molecule has 1 heterocycles. The van der Waals surface area contributed by atoms with Gasteiger partial charge in [0.15, 0.2) is 0 Å². The molecular formula is C10H19N3. The van der Waals surface area contributed by atoms with E-state index in [1.807, 2.05) is 6.92 Å². The van der Waals surface area contributed by atoms with Crippen LogP contribution in [0.25, 0.3) is 0 Å². The summed E-state index contributed by atoms with van der Waals surface area (Å²) in [4.78, 5) is 2.32. The van der Waals surface area contributed by atoms with E-state index in [1.165, 1.54) is 6.42 Å². The van der Waals surface area contributed by atoms with Crippen molar-refractivity contribution >= 4 is 0 Å². The topological polar surface area (TPSA) is 39.1 Å². The molecule has 0 aromatic rings. The highest BCUT2D eigenvalue weighted by molar-refractivity contribution is 4.93. The van der Waals surface area contributed by atoms with Gasteiger partial charge in [0.25, 0.3) is 0 Å². The van der Waals surface area contributed by atoms with E-state index in [0.717, 1.165) is 26.1 Å². The Kier molecular flexibility index (Phi) is 4.20. The van der Waals surface area contributed by atoms with Gasteiger partial charge in [0.1, 0.15) is 0 Å². The molecule has 1 saturated heterocycles. The fourth-order valence-corrected chi connectivity index (χ4v) is 1.95. The molecule has 3 heteroatoms. The molecule has 1 aliphatic rings. The molecule has 2 unspecified atom stereocenters. The van der Waals surface area contributed by atoms with Crippen LogP contribution < -0.4 is 5.32 Å². The van der Waals surface area contributed by atoms with Crippen molar-refractivity contribution in [1.82, 2.24) is 10.2 Å². The fraction of sp³-hybridized carbons (Fsp3) is 0.900. The summed E-state index contributed by atoms with van der Waals surface area (Å²) in [7, 11) is 0. The first-order valence-electron chi connectivity index (χ1n) is 5.15. The summed E-state index contributed by atoms with van der Waals surface area (Å²) in [6.45, 7) is 7.35. The van der Waals surface area contributed by atoms with Crippen LogP contribution in [-0.4, -0.2) is 36.6 Å². The van der Waals surface area contributed by atoms with Crippen molar-refractivity contribution in [2.24, 2.45) is 0 Å². The predicted octanol–water partition coefficient (Wildman–Crippen LogP) is 0.972. The van der Waals surface area contributed by atoms with Gasteiger partial charge in [0.2, 0.25) is 0 Å². The number of nitrogens with one attached hydrogen (secondary N) is 1. The van der Waals surface area contributed by atoms with Crippen LogP contribution in [0.2, 0.25) is 0 Å². The van der Waals surface area contributed by atoms with Crippen molar-refractivity contribution in [3.05, 3.63) is 0 Å². The molecule has 0 radical (unpaired) electrons. The van der Waals surface area contributed by atoms with Gasteiger partial charge in [-0.3, -0.25) is 4.90 Å². The fourth-order valence-electron chi connectivity index (χ4n) is 1.95. The number of hydrogen-bond acceptors (Lipinski definition) is 3. The molecule has 1 fully saturated rings. The molecule has 1 N–H and O–H groups in total. The van der Waals surface area contributed by atoms with Gasteiger partial charge < -0.3 is 5.32 Å². The van der Waals surface area contributed by atoms with Crippen molar-refractivity contribution in [3.8, 4) is 6.07 Å². The molecule has 2 atom stereocenters. The highest BCUT2D eigenvalue weighted by atomic mass is 15.2. The van der Waals surface area contributed by atoms with Crippen LogP contribution in [0, 0.1) is 11.3 Å². The number of hydrogen-bond donors (Lipinski definition) is 1. The van der Waals surface area contributed by atoms with E-state index >= 15 is 0 Å². The Bertz CT molecular complexity index is 179. The molecule has 74 valence electrons. The molecule has 0 aliphatic carbocycles. The quantitative estimate of drug-likeness (QED) is 0.702. The normalized spacial score (nSPS) is 24.6. The minimum atomic E-state index is 0.0600. The van der Waals surface area contributed by atoms with Crippen molar-refractivity contribution in [1.29, 1.82) is 5.26 Å². The molecule has 0 bridgehead atoms. The van der Waals surface area contributed by atoms with Gasteiger partial charge in [-0.2, -0.15) is 5.26 Å². The molecule has 13 heavy (non-hydrogen) atoms. The second-order valence-electron chi connectivity index (χ2n) is 3.69. The molecule has 1 rings (SSSR count). The summed E-state index contributed by atoms with van der Waals surface area (Å²) in [6, 6.07) is 2.96. The van der Waals surface area contributed by atoms with Gasteiger partial charge in [-0.15, -0.1) is 0 Å². The lowest BCUT2D eigenvalue weighted by molar-refractivity contribution is 0.183. The van der Waals surface area contributed by atoms with Crippen LogP contribution in [0.1, 0.15) is 26.7 Å². The third-order valence-corrected chi connectivity index (χ3v) is 2.67. The minimum Gasteiger partial charge on any atom is -0.315 e. The van der Waals surface area contributed by atoms with Crippen LogP contribution in [0.15, 0.2) is 0 Å². The van der Waals surface area contributed by atoms with Gasteiger partial charge in [-0.05, 0) is 32.9 Å². The van der Waals surface area contributed by atoms with Gasteiger partial charge in [-0.1, -0.05) is 6.92 Å². The maximum Gasteiger partial charge on any atom is 0.0952 e. The van der Waals surface area contributed by atoms with Gasteiger partial charge in [0, 0.05) is 12.6 Å². The third kappa shape index (κ3) is 2.68. The number of rotatable bonds is 4. The van der Waals surface area contributed by atoms with E-state index in [0.29, 0.717) is 6.04 Å². The zero-order valence-electron chi connectivity index (χ0n) is 8.58. The monoisotopic (exact) mass is 181 g/mol. The standard InChI is InChI=1S/C10H19N3/c1-3-6-13(9(2)7-11)10-4-5-12-8-10/h9-10,12H,3-6,8H2,1-2H3. The summed E-state index contributed by atoms with van der Waals surface area (Å²) >= 11 is 0. The summed E-state index contributed by atoms with van der Waals surface area (Å²) in [6.07, 6.45) is 2.31. The molecule has 1 aliphatic heterocycles. The van der Waals surface area contributed by atoms with Crippen molar-refractivity contribution in [2.45, 2.75) is 38.8 Å². The van der Waals surface area contributed by atoms with Gasteiger partial charge in [0.05, 0.1) is 12.1 Å². The van der Waals surface area contributed by atoms with E-state index < -0.39 is 0 Å². The molecule has 0 spiro atoms. The third-order valence-electron chi connectivity index (χ3n) is 2.67. The maximum atomic E-state index is 8.88. The molecular weight excluding hydrogens is 162 g/mol. The van der Waals surface area contributed by atoms with Crippen LogP contribution in [0.5, 0.6) is 0 Å². The Morgan fingerprint density at radius 3 is 2.92 bits per heavy atom. The summed E-state index contributed by atoms with van der Waals surface area (Å²) in [5, 5.41) is 12.2. The molecule has 0 aromatic heterocycles. The van der Waals surface area contributed by atoms with E-state index in [2.05, 4.69) is 23.2 Å². The van der Waals surface area contributed by atoms with Gasteiger partial charge >= 0.3 is 0 Å². The van der Waals surface area contributed by atoms with Crippen molar-refractivity contribution < 1.29 is 0 Å². The summed E-state index contributed by atoms with van der Waals surface area (Å²) in [5.74, 6) is 0. The average Bonchev–Trinajstić information content (AvgIpc) is 2.65. The largest absolute Gasteiger partial charge is 0.315 e. The Hall–Kier alpha value is -0.590. The second kappa shape index (κ2) is 5.21. The summed E-state index contributed by atoms with van der Waals surface area (Å²) in [5.41, 5.74) is 0. The van der Waals surface area contributed by atoms with Crippen molar-refractivity contribution in [3.63, 3.8) is 0 Å². The second-order valence-corrected chi connectivity index (χ2v) is 3.69. The number of nitriles is 1. The average molecular weight is 181 g/mol.